The molecule has 0 unspecified atom stereocenters. The van der Waals surface area contributed by atoms with Crippen molar-refractivity contribution in [1.82, 2.24) is 4.90 Å². The lowest BCUT2D eigenvalue weighted by Gasteiger charge is -2.16. The lowest BCUT2D eigenvalue weighted by molar-refractivity contribution is 0.0697. The Morgan fingerprint density at radius 2 is 2.00 bits per heavy atom. The highest BCUT2D eigenvalue weighted by Gasteiger charge is 2.13. The number of carbonyl (C=O) groups is 2. The third-order valence-corrected chi connectivity index (χ3v) is 2.92. The number of carboxylic acids is 1. The molecule has 0 heterocycles. The van der Waals surface area contributed by atoms with E-state index in [9.17, 15) is 9.59 Å². The minimum absolute atomic E-state index is 0.133. The van der Waals surface area contributed by atoms with Crippen LogP contribution in [0.2, 0.25) is 0 Å². The van der Waals surface area contributed by atoms with Crippen molar-refractivity contribution in [2.24, 2.45) is 0 Å². The molecule has 1 rings (SSSR count). The highest BCUT2D eigenvalue weighted by atomic mass is 32.2. The van der Waals surface area contributed by atoms with Crippen LogP contribution < -0.4 is 0 Å². The number of hydrogen-bond acceptors (Lipinski definition) is 3. The molecule has 5 heteroatoms. The van der Waals surface area contributed by atoms with Crippen LogP contribution in [0.5, 0.6) is 0 Å². The zero-order valence-electron chi connectivity index (χ0n) is 9.84. The van der Waals surface area contributed by atoms with E-state index in [1.165, 1.54) is 12.1 Å². The second-order valence-corrected chi connectivity index (χ2v) is 4.59. The molecule has 0 saturated heterocycles. The van der Waals surface area contributed by atoms with Crippen molar-refractivity contribution in [1.29, 1.82) is 0 Å². The van der Waals surface area contributed by atoms with E-state index in [0.29, 0.717) is 12.1 Å². The molecular weight excluding hydrogens is 238 g/mol. The number of amides is 1. The normalized spacial score (nSPS) is 10.0. The molecule has 1 N–H and O–H groups in total. The molecule has 0 radical (unpaired) electrons. The first-order chi connectivity index (χ1) is 8.06. The Balaban J connectivity index is 2.81. The lowest BCUT2D eigenvalue weighted by Crippen LogP contribution is -2.29. The van der Waals surface area contributed by atoms with Crippen LogP contribution in [-0.2, 0) is 0 Å². The first-order valence-corrected chi connectivity index (χ1v) is 6.53. The van der Waals surface area contributed by atoms with E-state index in [1.807, 2.05) is 6.26 Å². The van der Waals surface area contributed by atoms with Gasteiger partial charge in [-0.3, -0.25) is 4.79 Å². The van der Waals surface area contributed by atoms with Crippen LogP contribution in [-0.4, -0.2) is 47.5 Å². The van der Waals surface area contributed by atoms with Crippen LogP contribution in [0.15, 0.2) is 24.3 Å². The molecule has 0 aliphatic carbocycles. The van der Waals surface area contributed by atoms with E-state index in [2.05, 4.69) is 0 Å². The van der Waals surface area contributed by atoms with Crippen molar-refractivity contribution in [2.75, 3.05) is 25.6 Å². The molecule has 0 atom stereocenters. The van der Waals surface area contributed by atoms with Crippen LogP contribution in [0.3, 0.4) is 0 Å². The van der Waals surface area contributed by atoms with Gasteiger partial charge in [0, 0.05) is 24.9 Å². The molecule has 0 aliphatic rings. The number of aromatic carboxylic acids is 1. The van der Waals surface area contributed by atoms with Gasteiger partial charge in [-0.05, 0) is 24.5 Å². The SMILES string of the molecule is CSCCN(C)C(=O)c1cccc(C(=O)O)c1. The van der Waals surface area contributed by atoms with E-state index < -0.39 is 5.97 Å². The predicted molar refractivity (Wildman–Crippen MR) is 68.7 cm³/mol. The van der Waals surface area contributed by atoms with Gasteiger partial charge in [0.15, 0.2) is 0 Å². The van der Waals surface area contributed by atoms with Gasteiger partial charge < -0.3 is 10.0 Å². The molecule has 1 amide bonds. The summed E-state index contributed by atoms with van der Waals surface area (Å²) in [7, 11) is 1.71. The van der Waals surface area contributed by atoms with Crippen LogP contribution >= 0.6 is 11.8 Å². The van der Waals surface area contributed by atoms with Gasteiger partial charge in [0.25, 0.3) is 5.91 Å². The molecule has 0 saturated carbocycles. The Bertz CT molecular complexity index is 420. The Labute approximate surface area is 105 Å². The molecule has 0 fully saturated rings. The molecule has 1 aromatic rings. The van der Waals surface area contributed by atoms with Gasteiger partial charge in [-0.1, -0.05) is 6.07 Å². The Morgan fingerprint density at radius 3 is 2.59 bits per heavy atom. The first-order valence-electron chi connectivity index (χ1n) is 5.14. The summed E-state index contributed by atoms with van der Waals surface area (Å²) in [6.45, 7) is 0.650. The first kappa shape index (κ1) is 13.6. The monoisotopic (exact) mass is 253 g/mol. The molecule has 0 aromatic heterocycles. The number of carbonyl (C=O) groups excluding carboxylic acids is 1. The molecular formula is C12H15NO3S. The van der Waals surface area contributed by atoms with E-state index >= 15 is 0 Å². The fourth-order valence-corrected chi connectivity index (χ4v) is 1.79. The van der Waals surface area contributed by atoms with Crippen LogP contribution in [0.1, 0.15) is 20.7 Å². The second-order valence-electron chi connectivity index (χ2n) is 3.61. The summed E-state index contributed by atoms with van der Waals surface area (Å²) in [5.74, 6) is -0.311. The van der Waals surface area contributed by atoms with E-state index in [-0.39, 0.29) is 11.5 Å². The average Bonchev–Trinajstić information content (AvgIpc) is 2.35. The molecule has 1 aromatic carbocycles. The van der Waals surface area contributed by atoms with Gasteiger partial charge in [0.2, 0.25) is 0 Å². The third-order valence-electron chi connectivity index (χ3n) is 2.33. The molecule has 92 valence electrons. The van der Waals surface area contributed by atoms with E-state index in [4.69, 9.17) is 5.11 Å². The summed E-state index contributed by atoms with van der Waals surface area (Å²) in [5, 5.41) is 8.84. The van der Waals surface area contributed by atoms with Crippen molar-refractivity contribution in [3.8, 4) is 0 Å². The second kappa shape index (κ2) is 6.30. The minimum atomic E-state index is -1.02. The lowest BCUT2D eigenvalue weighted by atomic mass is 10.1. The van der Waals surface area contributed by atoms with E-state index in [1.54, 1.807) is 35.8 Å². The fraction of sp³-hybridized carbons (Fsp3) is 0.333. The summed E-state index contributed by atoms with van der Waals surface area (Å²) < 4.78 is 0. The maximum absolute atomic E-state index is 11.9. The molecule has 0 spiro atoms. The van der Waals surface area contributed by atoms with Gasteiger partial charge in [-0.2, -0.15) is 11.8 Å². The van der Waals surface area contributed by atoms with Crippen molar-refractivity contribution in [2.45, 2.75) is 0 Å². The van der Waals surface area contributed by atoms with Crippen molar-refractivity contribution in [3.05, 3.63) is 35.4 Å². The van der Waals surface area contributed by atoms with Gasteiger partial charge in [0.05, 0.1) is 5.56 Å². The van der Waals surface area contributed by atoms with Gasteiger partial charge in [-0.25, -0.2) is 4.79 Å². The summed E-state index contributed by atoms with van der Waals surface area (Å²) in [5.41, 5.74) is 0.544. The number of carboxylic acid groups (broad SMARTS) is 1. The summed E-state index contributed by atoms with van der Waals surface area (Å²) in [6.07, 6.45) is 1.98. The maximum atomic E-state index is 11.9. The zero-order valence-corrected chi connectivity index (χ0v) is 10.7. The highest BCUT2D eigenvalue weighted by Crippen LogP contribution is 2.08. The zero-order chi connectivity index (χ0) is 12.8. The van der Waals surface area contributed by atoms with Crippen LogP contribution in [0.25, 0.3) is 0 Å². The topological polar surface area (TPSA) is 57.6 Å². The quantitative estimate of drug-likeness (QED) is 0.869. The number of thioether (sulfide) groups is 1. The van der Waals surface area contributed by atoms with Crippen molar-refractivity contribution >= 4 is 23.6 Å². The summed E-state index contributed by atoms with van der Waals surface area (Å²) in [6, 6.07) is 6.09. The predicted octanol–water partition coefficient (Wildman–Crippen LogP) is 1.82. The molecule has 0 bridgehead atoms. The van der Waals surface area contributed by atoms with Gasteiger partial charge in [0.1, 0.15) is 0 Å². The number of nitrogens with zero attached hydrogens (tertiary/aromatic N) is 1. The number of rotatable bonds is 5. The highest BCUT2D eigenvalue weighted by molar-refractivity contribution is 7.98. The largest absolute Gasteiger partial charge is 0.478 e. The van der Waals surface area contributed by atoms with Crippen molar-refractivity contribution in [3.63, 3.8) is 0 Å². The summed E-state index contributed by atoms with van der Waals surface area (Å²) >= 11 is 1.66. The number of benzene rings is 1. The van der Waals surface area contributed by atoms with Crippen LogP contribution in [0, 0.1) is 0 Å². The Morgan fingerprint density at radius 1 is 1.35 bits per heavy atom. The average molecular weight is 253 g/mol. The smallest absolute Gasteiger partial charge is 0.335 e. The summed E-state index contributed by atoms with van der Waals surface area (Å²) in [4.78, 5) is 24.3. The third kappa shape index (κ3) is 3.78. The molecule has 0 aliphatic heterocycles. The number of hydrogen-bond donors (Lipinski definition) is 1. The Hall–Kier alpha value is -1.49. The van der Waals surface area contributed by atoms with Gasteiger partial charge in [-0.15, -0.1) is 0 Å². The van der Waals surface area contributed by atoms with Crippen molar-refractivity contribution < 1.29 is 14.7 Å². The Kier molecular flexibility index (Phi) is 5.03. The fourth-order valence-electron chi connectivity index (χ4n) is 1.34. The van der Waals surface area contributed by atoms with E-state index in [0.717, 1.165) is 5.75 Å². The minimum Gasteiger partial charge on any atom is -0.478 e. The molecule has 4 nitrogen and oxygen atoms in total. The molecule has 17 heavy (non-hydrogen) atoms. The standard InChI is InChI=1S/C12H15NO3S/c1-13(6-7-17-2)11(14)9-4-3-5-10(8-9)12(15)16/h3-5,8H,6-7H2,1-2H3,(H,15,16). The van der Waals surface area contributed by atoms with Gasteiger partial charge >= 0.3 is 5.97 Å². The van der Waals surface area contributed by atoms with Crippen LogP contribution in [0.4, 0.5) is 0 Å². The maximum Gasteiger partial charge on any atom is 0.335 e.